The van der Waals surface area contributed by atoms with Gasteiger partial charge in [-0.05, 0) is 22.4 Å². The summed E-state index contributed by atoms with van der Waals surface area (Å²) in [5.74, 6) is 0.314. The fourth-order valence-electron chi connectivity index (χ4n) is 1.28. The number of rotatable bonds is 5. The SMILES string of the molecule is CCCC(N)CC(=O)Nc1cnc(Br)cn1. The van der Waals surface area contributed by atoms with Crippen molar-refractivity contribution in [2.75, 3.05) is 5.32 Å². The zero-order valence-electron chi connectivity index (χ0n) is 9.11. The van der Waals surface area contributed by atoms with Crippen molar-refractivity contribution in [2.24, 2.45) is 5.73 Å². The Balaban J connectivity index is 2.42. The molecule has 6 heteroatoms. The number of hydrogen-bond acceptors (Lipinski definition) is 4. The topological polar surface area (TPSA) is 80.9 Å². The van der Waals surface area contributed by atoms with Gasteiger partial charge in [-0.2, -0.15) is 0 Å². The Morgan fingerprint density at radius 3 is 2.88 bits per heavy atom. The predicted molar refractivity (Wildman–Crippen MR) is 65.9 cm³/mol. The summed E-state index contributed by atoms with van der Waals surface area (Å²) in [7, 11) is 0. The van der Waals surface area contributed by atoms with Crippen molar-refractivity contribution >= 4 is 27.7 Å². The molecule has 88 valence electrons. The maximum Gasteiger partial charge on any atom is 0.227 e. The van der Waals surface area contributed by atoms with Gasteiger partial charge < -0.3 is 11.1 Å². The number of amides is 1. The maximum atomic E-state index is 11.5. The molecule has 0 bridgehead atoms. The molecule has 0 radical (unpaired) electrons. The minimum Gasteiger partial charge on any atom is -0.327 e. The molecule has 1 heterocycles. The second-order valence-electron chi connectivity index (χ2n) is 3.53. The summed E-state index contributed by atoms with van der Waals surface area (Å²) in [6.45, 7) is 2.04. The smallest absolute Gasteiger partial charge is 0.227 e. The van der Waals surface area contributed by atoms with Crippen LogP contribution in [0.25, 0.3) is 0 Å². The zero-order valence-corrected chi connectivity index (χ0v) is 10.7. The quantitative estimate of drug-likeness (QED) is 0.863. The Morgan fingerprint density at radius 1 is 1.56 bits per heavy atom. The van der Waals surface area contributed by atoms with Crippen LogP contribution in [0.2, 0.25) is 0 Å². The third-order valence-corrected chi connectivity index (χ3v) is 2.40. The number of aromatic nitrogens is 2. The van der Waals surface area contributed by atoms with Crippen molar-refractivity contribution < 1.29 is 4.79 Å². The summed E-state index contributed by atoms with van der Waals surface area (Å²) < 4.78 is 0.633. The largest absolute Gasteiger partial charge is 0.327 e. The van der Waals surface area contributed by atoms with E-state index in [0.717, 1.165) is 12.8 Å². The first-order chi connectivity index (χ1) is 7.61. The van der Waals surface area contributed by atoms with Gasteiger partial charge in [-0.3, -0.25) is 4.79 Å². The number of anilines is 1. The van der Waals surface area contributed by atoms with Crippen LogP contribution in [0.3, 0.4) is 0 Å². The first-order valence-electron chi connectivity index (χ1n) is 5.14. The van der Waals surface area contributed by atoms with Gasteiger partial charge >= 0.3 is 0 Å². The van der Waals surface area contributed by atoms with Crippen LogP contribution in [0.4, 0.5) is 5.82 Å². The van der Waals surface area contributed by atoms with Crippen molar-refractivity contribution in [3.05, 3.63) is 17.0 Å². The average molecular weight is 287 g/mol. The van der Waals surface area contributed by atoms with Crippen LogP contribution >= 0.6 is 15.9 Å². The van der Waals surface area contributed by atoms with Gasteiger partial charge in [0, 0.05) is 12.5 Å². The van der Waals surface area contributed by atoms with E-state index >= 15 is 0 Å². The van der Waals surface area contributed by atoms with E-state index in [2.05, 4.69) is 31.2 Å². The molecule has 1 unspecified atom stereocenters. The van der Waals surface area contributed by atoms with Crippen molar-refractivity contribution in [3.63, 3.8) is 0 Å². The third-order valence-electron chi connectivity index (χ3n) is 1.99. The summed E-state index contributed by atoms with van der Waals surface area (Å²) in [6, 6.07) is -0.0894. The van der Waals surface area contributed by atoms with E-state index in [0.29, 0.717) is 16.8 Å². The molecule has 1 rings (SSSR count). The molecule has 0 aliphatic carbocycles. The van der Waals surface area contributed by atoms with Gasteiger partial charge in [-0.15, -0.1) is 0 Å². The Morgan fingerprint density at radius 2 is 2.31 bits per heavy atom. The van der Waals surface area contributed by atoms with Crippen LogP contribution < -0.4 is 11.1 Å². The molecule has 0 aliphatic heterocycles. The lowest BCUT2D eigenvalue weighted by Gasteiger charge is -2.09. The van der Waals surface area contributed by atoms with E-state index in [1.54, 1.807) is 0 Å². The van der Waals surface area contributed by atoms with Crippen molar-refractivity contribution in [2.45, 2.75) is 32.2 Å². The molecule has 0 aromatic carbocycles. The Kier molecular flexibility index (Phi) is 5.34. The molecule has 0 saturated heterocycles. The maximum absolute atomic E-state index is 11.5. The van der Waals surface area contributed by atoms with E-state index in [1.165, 1.54) is 12.4 Å². The zero-order chi connectivity index (χ0) is 12.0. The highest BCUT2D eigenvalue weighted by Crippen LogP contribution is 2.07. The third kappa shape index (κ3) is 4.67. The minimum atomic E-state index is -0.127. The van der Waals surface area contributed by atoms with Crippen molar-refractivity contribution in [3.8, 4) is 0 Å². The molecule has 0 aliphatic rings. The molecule has 1 aromatic heterocycles. The lowest BCUT2D eigenvalue weighted by molar-refractivity contribution is -0.116. The van der Waals surface area contributed by atoms with Crippen LogP contribution in [0.1, 0.15) is 26.2 Å². The standard InChI is InChI=1S/C10H15BrN4O/c1-2-3-7(12)4-10(16)15-9-6-13-8(11)5-14-9/h5-7H,2-4,12H2,1H3,(H,14,15,16). The average Bonchev–Trinajstić information content (AvgIpc) is 2.21. The number of carbonyl (C=O) groups excluding carboxylic acids is 1. The van der Waals surface area contributed by atoms with Gasteiger partial charge in [0.25, 0.3) is 0 Å². The van der Waals surface area contributed by atoms with Crippen LogP contribution in [0, 0.1) is 0 Å². The van der Waals surface area contributed by atoms with E-state index in [1.807, 2.05) is 6.92 Å². The Labute approximate surface area is 103 Å². The first-order valence-corrected chi connectivity index (χ1v) is 5.94. The summed E-state index contributed by atoms with van der Waals surface area (Å²) in [6.07, 6.45) is 5.16. The number of nitrogens with zero attached hydrogens (tertiary/aromatic N) is 2. The van der Waals surface area contributed by atoms with Gasteiger partial charge in [0.15, 0.2) is 5.82 Å². The van der Waals surface area contributed by atoms with Crippen LogP contribution in [-0.2, 0) is 4.79 Å². The molecule has 1 amide bonds. The number of hydrogen-bond donors (Lipinski definition) is 2. The summed E-state index contributed by atoms with van der Waals surface area (Å²) in [5, 5.41) is 2.65. The van der Waals surface area contributed by atoms with E-state index in [4.69, 9.17) is 5.73 Å². The highest BCUT2D eigenvalue weighted by molar-refractivity contribution is 9.10. The van der Waals surface area contributed by atoms with Crippen LogP contribution in [-0.4, -0.2) is 21.9 Å². The molecule has 1 aromatic rings. The molecule has 0 saturated carbocycles. The van der Waals surface area contributed by atoms with Gasteiger partial charge in [0.2, 0.25) is 5.91 Å². The van der Waals surface area contributed by atoms with Gasteiger partial charge in [0.1, 0.15) is 4.60 Å². The molecular weight excluding hydrogens is 272 g/mol. The second-order valence-corrected chi connectivity index (χ2v) is 4.34. The molecule has 3 N–H and O–H groups in total. The molecule has 0 spiro atoms. The lowest BCUT2D eigenvalue weighted by Crippen LogP contribution is -2.27. The van der Waals surface area contributed by atoms with E-state index < -0.39 is 0 Å². The molecule has 0 fully saturated rings. The Bertz CT molecular complexity index is 341. The fourth-order valence-corrected chi connectivity index (χ4v) is 1.49. The second kappa shape index (κ2) is 6.55. The van der Waals surface area contributed by atoms with Gasteiger partial charge in [-0.25, -0.2) is 9.97 Å². The highest BCUT2D eigenvalue weighted by Gasteiger charge is 2.09. The molecular formula is C10H15BrN4O. The van der Waals surface area contributed by atoms with E-state index in [-0.39, 0.29) is 11.9 Å². The van der Waals surface area contributed by atoms with E-state index in [9.17, 15) is 4.79 Å². The predicted octanol–water partition coefficient (Wildman–Crippen LogP) is 1.70. The fraction of sp³-hybridized carbons (Fsp3) is 0.500. The number of nitrogens with two attached hydrogens (primary N) is 1. The number of nitrogens with one attached hydrogen (secondary N) is 1. The molecule has 5 nitrogen and oxygen atoms in total. The van der Waals surface area contributed by atoms with Gasteiger partial charge in [0.05, 0.1) is 12.4 Å². The normalized spacial score (nSPS) is 12.2. The van der Waals surface area contributed by atoms with Gasteiger partial charge in [-0.1, -0.05) is 13.3 Å². The summed E-state index contributed by atoms with van der Waals surface area (Å²) >= 11 is 3.17. The highest BCUT2D eigenvalue weighted by atomic mass is 79.9. The van der Waals surface area contributed by atoms with Crippen molar-refractivity contribution in [1.29, 1.82) is 0 Å². The summed E-state index contributed by atoms with van der Waals surface area (Å²) in [4.78, 5) is 19.5. The minimum absolute atomic E-state index is 0.0894. The number of carbonyl (C=O) groups is 1. The first kappa shape index (κ1) is 13.1. The summed E-state index contributed by atoms with van der Waals surface area (Å²) in [5.41, 5.74) is 5.76. The number of halogens is 1. The van der Waals surface area contributed by atoms with Crippen LogP contribution in [0.15, 0.2) is 17.0 Å². The van der Waals surface area contributed by atoms with Crippen molar-refractivity contribution in [1.82, 2.24) is 9.97 Å². The molecule has 1 atom stereocenters. The lowest BCUT2D eigenvalue weighted by atomic mass is 10.1. The van der Waals surface area contributed by atoms with Crippen LogP contribution in [0.5, 0.6) is 0 Å². The Hall–Kier alpha value is -1.01. The monoisotopic (exact) mass is 286 g/mol. The molecule has 16 heavy (non-hydrogen) atoms.